The Morgan fingerprint density at radius 1 is 0.281 bits per heavy atom. The molecule has 13 aromatic rings. The van der Waals surface area contributed by atoms with Gasteiger partial charge in [-0.3, -0.25) is 0 Å². The first kappa shape index (κ1) is 36.8. The Hall–Kier alpha value is -7.82. The molecule has 0 saturated carbocycles. The number of aromatic nitrogens is 2. The van der Waals surface area contributed by atoms with Crippen molar-refractivity contribution in [1.82, 2.24) is 8.80 Å². The molecule has 4 nitrogen and oxygen atoms in total. The molecular weight excluding hydrogens is 777 g/mol. The molecule has 4 heteroatoms. The summed E-state index contributed by atoms with van der Waals surface area (Å²) in [5.41, 5.74) is 21.9. The van der Waals surface area contributed by atoms with Crippen LogP contribution in [0.1, 0.15) is 33.4 Å². The Bertz CT molecular complexity index is 3750. The van der Waals surface area contributed by atoms with Crippen LogP contribution in [0.2, 0.25) is 0 Å². The molecule has 0 fully saturated rings. The molecule has 9 aromatic carbocycles. The first-order valence-electron chi connectivity index (χ1n) is 22.4. The van der Waals surface area contributed by atoms with Gasteiger partial charge in [-0.1, -0.05) is 108 Å². The molecule has 4 heterocycles. The first-order valence-corrected chi connectivity index (χ1v) is 22.4. The van der Waals surface area contributed by atoms with Crippen LogP contribution in [-0.2, 0) is 0 Å². The highest BCUT2D eigenvalue weighted by Gasteiger charge is 2.25. The van der Waals surface area contributed by atoms with E-state index in [9.17, 15) is 0 Å². The summed E-state index contributed by atoms with van der Waals surface area (Å²) in [5, 5.41) is 10.2. The van der Waals surface area contributed by atoms with Gasteiger partial charge in [0, 0.05) is 77.2 Å². The van der Waals surface area contributed by atoms with Gasteiger partial charge in [-0.15, -0.1) is 0 Å². The number of hydrogen-bond acceptors (Lipinski definition) is 2. The fraction of sp³-hybridized carbons (Fsp3) is 0.100. The van der Waals surface area contributed by atoms with Crippen molar-refractivity contribution in [2.75, 3.05) is 9.80 Å². The van der Waals surface area contributed by atoms with Crippen molar-refractivity contribution in [1.29, 1.82) is 0 Å². The highest BCUT2D eigenvalue weighted by Crippen LogP contribution is 2.47. The van der Waals surface area contributed by atoms with Crippen LogP contribution in [0.4, 0.5) is 34.1 Å². The summed E-state index contributed by atoms with van der Waals surface area (Å²) in [5.74, 6) is 0. The van der Waals surface area contributed by atoms with Crippen molar-refractivity contribution in [3.8, 4) is 0 Å². The van der Waals surface area contributed by atoms with Crippen LogP contribution in [0, 0.1) is 41.5 Å². The quantitative estimate of drug-likeness (QED) is 0.166. The van der Waals surface area contributed by atoms with Gasteiger partial charge in [0.15, 0.2) is 0 Å². The number of benzene rings is 9. The van der Waals surface area contributed by atoms with E-state index in [0.717, 1.165) is 22.7 Å². The third kappa shape index (κ3) is 5.17. The molecule has 0 saturated heterocycles. The molecule has 0 spiro atoms. The van der Waals surface area contributed by atoms with Gasteiger partial charge in [-0.05, 0) is 137 Å². The van der Waals surface area contributed by atoms with Gasteiger partial charge in [0.2, 0.25) is 0 Å². The predicted molar refractivity (Wildman–Crippen MR) is 274 cm³/mol. The first-order chi connectivity index (χ1) is 31.2. The predicted octanol–water partition coefficient (Wildman–Crippen LogP) is 16.8. The SMILES string of the molecule is Cc1ccc(N(c2ccc3c4cccc5c6cc7c(cc6n(c3c2)c45)c2cccc3c4ccc(N(c5ccc(C)cc5)c5cc(C)ccc5C)cc4n7c32)c2cc(C)ccc2C)cc1. The number of nitrogens with zero attached hydrogens (tertiary/aromatic N) is 4. The Morgan fingerprint density at radius 2 is 0.625 bits per heavy atom. The molecule has 0 radical (unpaired) electrons. The van der Waals surface area contributed by atoms with E-state index in [1.807, 2.05) is 0 Å². The molecule has 0 bridgehead atoms. The summed E-state index contributed by atoms with van der Waals surface area (Å²) in [6.07, 6.45) is 0. The number of hydrogen-bond donors (Lipinski definition) is 0. The Balaban J connectivity index is 1.07. The van der Waals surface area contributed by atoms with Gasteiger partial charge in [0.05, 0.1) is 33.1 Å². The molecule has 4 aromatic heterocycles. The Labute approximate surface area is 372 Å². The highest BCUT2D eigenvalue weighted by molar-refractivity contribution is 6.29. The number of rotatable bonds is 6. The van der Waals surface area contributed by atoms with Crippen molar-refractivity contribution >= 4 is 110 Å². The molecule has 64 heavy (non-hydrogen) atoms. The highest BCUT2D eigenvalue weighted by atomic mass is 15.2. The molecule has 0 aliphatic rings. The summed E-state index contributed by atoms with van der Waals surface area (Å²) >= 11 is 0. The van der Waals surface area contributed by atoms with E-state index in [4.69, 9.17) is 0 Å². The number of fused-ring (bicyclic) bond motifs is 12. The average molecular weight is 823 g/mol. The van der Waals surface area contributed by atoms with Crippen LogP contribution in [0.25, 0.3) is 76.2 Å². The number of aryl methyl sites for hydroxylation is 6. The number of anilines is 6. The second-order valence-electron chi connectivity index (χ2n) is 18.3. The van der Waals surface area contributed by atoms with E-state index >= 15 is 0 Å². The minimum Gasteiger partial charge on any atom is -0.310 e. The minimum atomic E-state index is 1.14. The third-order valence-electron chi connectivity index (χ3n) is 14.0. The topological polar surface area (TPSA) is 15.3 Å². The van der Waals surface area contributed by atoms with Crippen LogP contribution in [0.15, 0.2) is 170 Å². The van der Waals surface area contributed by atoms with Crippen LogP contribution in [0.3, 0.4) is 0 Å². The van der Waals surface area contributed by atoms with Crippen LogP contribution in [0.5, 0.6) is 0 Å². The molecule has 0 unspecified atom stereocenters. The van der Waals surface area contributed by atoms with E-state index in [1.54, 1.807) is 0 Å². The summed E-state index contributed by atoms with van der Waals surface area (Å²) in [6, 6.07) is 64.2. The van der Waals surface area contributed by atoms with E-state index in [2.05, 4.69) is 230 Å². The maximum absolute atomic E-state index is 2.54. The fourth-order valence-corrected chi connectivity index (χ4v) is 10.9. The normalized spacial score (nSPS) is 12.2. The second kappa shape index (κ2) is 13.3. The van der Waals surface area contributed by atoms with Crippen molar-refractivity contribution in [3.63, 3.8) is 0 Å². The zero-order valence-corrected chi connectivity index (χ0v) is 37.0. The minimum absolute atomic E-state index is 1.14. The van der Waals surface area contributed by atoms with Crippen molar-refractivity contribution in [2.24, 2.45) is 0 Å². The number of para-hydroxylation sites is 2. The van der Waals surface area contributed by atoms with Gasteiger partial charge in [-0.25, -0.2) is 0 Å². The third-order valence-corrected chi connectivity index (χ3v) is 14.0. The van der Waals surface area contributed by atoms with Gasteiger partial charge in [-0.2, -0.15) is 0 Å². The van der Waals surface area contributed by atoms with Crippen molar-refractivity contribution in [3.05, 3.63) is 203 Å². The zero-order valence-electron chi connectivity index (χ0n) is 37.0. The van der Waals surface area contributed by atoms with E-state index in [0.29, 0.717) is 0 Å². The maximum Gasteiger partial charge on any atom is 0.0620 e. The van der Waals surface area contributed by atoms with E-state index < -0.39 is 0 Å². The molecule has 13 rings (SSSR count). The molecule has 0 N–H and O–H groups in total. The summed E-state index contributed by atoms with van der Waals surface area (Å²) in [7, 11) is 0. The fourth-order valence-electron chi connectivity index (χ4n) is 10.9. The lowest BCUT2D eigenvalue weighted by Gasteiger charge is -2.27. The molecule has 0 amide bonds. The van der Waals surface area contributed by atoms with Gasteiger partial charge in [0.25, 0.3) is 0 Å². The van der Waals surface area contributed by atoms with Crippen LogP contribution in [-0.4, -0.2) is 8.80 Å². The lowest BCUT2D eigenvalue weighted by atomic mass is 10.0. The molecule has 0 aliphatic carbocycles. The van der Waals surface area contributed by atoms with Crippen LogP contribution >= 0.6 is 0 Å². The van der Waals surface area contributed by atoms with Crippen molar-refractivity contribution < 1.29 is 0 Å². The summed E-state index contributed by atoms with van der Waals surface area (Å²) in [4.78, 5) is 4.86. The molecular formula is C60H46N4. The molecule has 306 valence electrons. The Morgan fingerprint density at radius 3 is 1.03 bits per heavy atom. The molecule has 0 atom stereocenters. The zero-order chi connectivity index (χ0) is 43.1. The van der Waals surface area contributed by atoms with E-state index in [-0.39, 0.29) is 0 Å². The smallest absolute Gasteiger partial charge is 0.0620 e. The standard InChI is InChI=1S/C60H46N4/c1-35-15-21-41(22-16-35)61(53-29-37(3)13-19-39(53)5)43-25-27-45-47-9-7-11-49-51-34-58-52(33-57(51)63(59(47)49)55(45)31-43)50-12-8-10-48-46-28-26-44(32-56(46)64(58)60(48)50)62(42-23-17-36(2)18-24-42)54-30-38(4)14-20-40(54)6/h7-34H,1-6H3. The summed E-state index contributed by atoms with van der Waals surface area (Å²) in [6.45, 7) is 13.1. The second-order valence-corrected chi connectivity index (χ2v) is 18.3. The lowest BCUT2D eigenvalue weighted by molar-refractivity contribution is 1.23. The largest absolute Gasteiger partial charge is 0.310 e. The summed E-state index contributed by atoms with van der Waals surface area (Å²) < 4.78 is 5.09. The average Bonchev–Trinajstić information content (AvgIpc) is 4.03. The van der Waals surface area contributed by atoms with Gasteiger partial charge >= 0.3 is 0 Å². The van der Waals surface area contributed by atoms with Gasteiger partial charge in [0.1, 0.15) is 0 Å². The maximum atomic E-state index is 2.54. The monoisotopic (exact) mass is 822 g/mol. The van der Waals surface area contributed by atoms with Crippen molar-refractivity contribution in [2.45, 2.75) is 41.5 Å². The lowest BCUT2D eigenvalue weighted by Crippen LogP contribution is -2.11. The molecule has 0 aliphatic heterocycles. The van der Waals surface area contributed by atoms with Crippen LogP contribution < -0.4 is 9.80 Å². The van der Waals surface area contributed by atoms with E-state index in [1.165, 1.54) is 121 Å². The Kier molecular flexibility index (Phi) is 7.67. The van der Waals surface area contributed by atoms with Gasteiger partial charge < -0.3 is 18.6 Å².